The van der Waals surface area contributed by atoms with E-state index in [0.29, 0.717) is 12.0 Å². The normalized spacial score (nSPS) is 16.5. The highest BCUT2D eigenvalue weighted by atomic mass is 32.1. The maximum Gasteiger partial charge on any atom is 0.0546 e. The fourth-order valence-electron chi connectivity index (χ4n) is 10.1. The summed E-state index contributed by atoms with van der Waals surface area (Å²) in [4.78, 5) is 6.61. The molecule has 2 unspecified atom stereocenters. The Hall–Kier alpha value is -6.20. The molecule has 59 heavy (non-hydrogen) atoms. The van der Waals surface area contributed by atoms with Crippen molar-refractivity contribution in [2.45, 2.75) is 38.6 Å². The number of anilines is 5. The van der Waals surface area contributed by atoms with Gasteiger partial charge in [0.15, 0.2) is 0 Å². The number of rotatable bonds is 6. The van der Waals surface area contributed by atoms with E-state index in [1.165, 1.54) is 90.1 Å². The Kier molecular flexibility index (Phi) is 8.24. The Morgan fingerprint density at radius 3 is 1.90 bits per heavy atom. The number of nitrogens with zero attached hydrogens (tertiary/aromatic N) is 2. The molecule has 0 fully saturated rings. The zero-order valence-electron chi connectivity index (χ0n) is 32.9. The molecule has 2 aliphatic carbocycles. The summed E-state index contributed by atoms with van der Waals surface area (Å²) < 4.78 is 4.02. The van der Waals surface area contributed by atoms with Gasteiger partial charge in [-0.1, -0.05) is 110 Å². The summed E-state index contributed by atoms with van der Waals surface area (Å²) in [6, 6.07) is 57.6. The van der Waals surface area contributed by atoms with Gasteiger partial charge in [0.1, 0.15) is 0 Å². The van der Waals surface area contributed by atoms with Crippen molar-refractivity contribution in [3.05, 3.63) is 180 Å². The fourth-order valence-corrected chi connectivity index (χ4v) is 12.4. The second-order valence-electron chi connectivity index (χ2n) is 16.4. The first-order chi connectivity index (χ1) is 29.2. The van der Waals surface area contributed by atoms with E-state index in [4.69, 9.17) is 0 Å². The van der Waals surface area contributed by atoms with E-state index in [1.807, 2.05) is 22.7 Å². The van der Waals surface area contributed by atoms with Crippen LogP contribution in [0, 0.1) is 5.92 Å². The zero-order valence-corrected chi connectivity index (χ0v) is 34.6. The number of fused-ring (bicyclic) bond motifs is 11. The van der Waals surface area contributed by atoms with Gasteiger partial charge in [-0.05, 0) is 137 Å². The van der Waals surface area contributed by atoms with Crippen LogP contribution in [0.3, 0.4) is 0 Å². The molecule has 4 heteroatoms. The molecule has 284 valence electrons. The third-order valence-electron chi connectivity index (χ3n) is 12.8. The van der Waals surface area contributed by atoms with Crippen LogP contribution in [0.25, 0.3) is 68.7 Å². The van der Waals surface area contributed by atoms with Gasteiger partial charge in [-0.3, -0.25) is 0 Å². The van der Waals surface area contributed by atoms with E-state index in [0.717, 1.165) is 37.1 Å². The first kappa shape index (κ1) is 34.8. The van der Waals surface area contributed by atoms with E-state index < -0.39 is 0 Å². The largest absolute Gasteiger partial charge is 0.337 e. The van der Waals surface area contributed by atoms with Crippen LogP contribution >= 0.6 is 22.7 Å². The van der Waals surface area contributed by atoms with Crippen LogP contribution < -0.4 is 9.80 Å². The van der Waals surface area contributed by atoms with Gasteiger partial charge in [0.2, 0.25) is 0 Å². The molecule has 0 aliphatic heterocycles. The molecule has 0 amide bonds. The minimum absolute atomic E-state index is 0.338. The Morgan fingerprint density at radius 2 is 1.12 bits per heavy atom. The van der Waals surface area contributed by atoms with Crippen molar-refractivity contribution < 1.29 is 0 Å². The Bertz CT molecular complexity index is 3330. The number of hydrogen-bond donors (Lipinski definition) is 0. The van der Waals surface area contributed by atoms with Crippen molar-refractivity contribution in [1.29, 1.82) is 0 Å². The number of thiophene rings is 2. The van der Waals surface area contributed by atoms with E-state index in [2.05, 4.69) is 193 Å². The predicted molar refractivity (Wildman–Crippen MR) is 259 cm³/mol. The van der Waals surface area contributed by atoms with Crippen LogP contribution in [0.1, 0.15) is 36.6 Å². The lowest BCUT2D eigenvalue weighted by atomic mass is 9.89. The van der Waals surface area contributed by atoms with Crippen molar-refractivity contribution >= 4 is 120 Å². The molecule has 0 saturated heterocycles. The summed E-state index contributed by atoms with van der Waals surface area (Å²) in [5.41, 5.74) is 7.57. The first-order valence-corrected chi connectivity index (χ1v) is 22.6. The monoisotopic (exact) mass is 794 g/mol. The van der Waals surface area contributed by atoms with Gasteiger partial charge in [-0.2, -0.15) is 0 Å². The molecule has 2 aliphatic rings. The molecule has 0 radical (unpaired) electrons. The van der Waals surface area contributed by atoms with Gasteiger partial charge < -0.3 is 9.80 Å². The molecule has 0 spiro atoms. The predicted octanol–water partition coefficient (Wildman–Crippen LogP) is 16.7. The molecule has 2 aromatic heterocycles. The van der Waals surface area contributed by atoms with Crippen LogP contribution in [0.4, 0.5) is 28.4 Å². The first-order valence-electron chi connectivity index (χ1n) is 21.0. The summed E-state index contributed by atoms with van der Waals surface area (Å²) in [6.07, 6.45) is 13.9. The molecular weight excluding hydrogens is 753 g/mol. The van der Waals surface area contributed by atoms with Crippen LogP contribution in [0.5, 0.6) is 0 Å². The van der Waals surface area contributed by atoms with Crippen molar-refractivity contribution in [2.24, 2.45) is 5.92 Å². The average Bonchev–Trinajstić information content (AvgIpc) is 3.85. The van der Waals surface area contributed by atoms with Gasteiger partial charge in [-0.25, -0.2) is 0 Å². The highest BCUT2D eigenvalue weighted by Gasteiger charge is 2.28. The molecule has 0 N–H and O–H groups in total. The van der Waals surface area contributed by atoms with Crippen LogP contribution in [-0.4, -0.2) is 6.04 Å². The Balaban J connectivity index is 1.12. The number of aryl methyl sites for hydroxylation is 1. The number of para-hydroxylation sites is 1. The number of allylic oxidation sites excluding steroid dienone is 2. The third-order valence-corrected chi connectivity index (χ3v) is 15.1. The second kappa shape index (κ2) is 14.0. The van der Waals surface area contributed by atoms with Gasteiger partial charge in [0.25, 0.3) is 0 Å². The summed E-state index contributed by atoms with van der Waals surface area (Å²) in [6.45, 7) is 2.37. The minimum atomic E-state index is 0.338. The third kappa shape index (κ3) is 5.72. The molecule has 2 nitrogen and oxygen atoms in total. The second-order valence-corrected chi connectivity index (χ2v) is 18.6. The molecule has 10 aromatic rings. The quantitative estimate of drug-likeness (QED) is 0.122. The van der Waals surface area contributed by atoms with Crippen LogP contribution in [0.15, 0.2) is 170 Å². The molecule has 2 heterocycles. The standard InChI is InChI=1S/C55H42N2S2/c1-35-14-13-17-37(30-35)57(39-27-29-55-49(32-39)45-23-10-12-25-53(45)59-55)51-34-47-40-18-5-7-20-42(40)50(33-46(47)41-19-6-8-21-43(41)51)56(36-15-3-2-4-16-36)38-26-28-54-48(31-38)44-22-9-11-24-52(44)58-54/h2-9,11-16,18-22,24-29,31-35,37H,10,17,23,30H2,1H3. The highest BCUT2D eigenvalue weighted by molar-refractivity contribution is 7.25. The lowest BCUT2D eigenvalue weighted by Gasteiger charge is -2.37. The molecular formula is C55H42N2S2. The molecule has 12 rings (SSSR count). The van der Waals surface area contributed by atoms with Gasteiger partial charge >= 0.3 is 0 Å². The summed E-state index contributed by atoms with van der Waals surface area (Å²) in [5.74, 6) is 0.518. The van der Waals surface area contributed by atoms with Crippen molar-refractivity contribution in [3.63, 3.8) is 0 Å². The minimum Gasteiger partial charge on any atom is -0.337 e. The summed E-state index contributed by atoms with van der Waals surface area (Å²) in [7, 11) is 0. The lowest BCUT2D eigenvalue weighted by Crippen LogP contribution is -2.33. The van der Waals surface area contributed by atoms with Crippen LogP contribution in [-0.2, 0) is 6.42 Å². The Labute approximate surface area is 352 Å². The van der Waals surface area contributed by atoms with Gasteiger partial charge in [-0.15, -0.1) is 22.7 Å². The topological polar surface area (TPSA) is 6.48 Å². The van der Waals surface area contributed by atoms with E-state index in [9.17, 15) is 0 Å². The fraction of sp³-hybridized carbons (Fsp3) is 0.127. The maximum atomic E-state index is 2.71. The summed E-state index contributed by atoms with van der Waals surface area (Å²) >= 11 is 3.81. The molecule has 8 aromatic carbocycles. The van der Waals surface area contributed by atoms with E-state index in [-0.39, 0.29) is 0 Å². The van der Waals surface area contributed by atoms with Gasteiger partial charge in [0, 0.05) is 69.3 Å². The number of benzene rings is 8. The maximum absolute atomic E-state index is 2.71. The lowest BCUT2D eigenvalue weighted by molar-refractivity contribution is 0.503. The van der Waals surface area contributed by atoms with Crippen molar-refractivity contribution in [3.8, 4) is 0 Å². The highest BCUT2D eigenvalue weighted by Crippen LogP contribution is 2.49. The number of hydrogen-bond acceptors (Lipinski definition) is 4. The summed E-state index contributed by atoms with van der Waals surface area (Å²) in [5, 5.41) is 11.7. The van der Waals surface area contributed by atoms with Crippen molar-refractivity contribution in [2.75, 3.05) is 9.80 Å². The van der Waals surface area contributed by atoms with Crippen LogP contribution in [0.2, 0.25) is 0 Å². The molecule has 0 saturated carbocycles. The smallest absolute Gasteiger partial charge is 0.0546 e. The van der Waals surface area contributed by atoms with E-state index >= 15 is 0 Å². The molecule has 0 bridgehead atoms. The molecule has 2 atom stereocenters. The average molecular weight is 795 g/mol. The Morgan fingerprint density at radius 1 is 0.492 bits per heavy atom. The SMILES string of the molecule is CC1C=CCC(N(c2ccc3sc4c(c3c2)CCC=C4)c2cc3c4ccccc4c(N(c4ccccc4)c4ccc5sc6ccccc6c5c4)cc3c3ccccc23)C1. The zero-order chi connectivity index (χ0) is 39.0. The van der Waals surface area contributed by atoms with E-state index in [1.54, 1.807) is 0 Å². The van der Waals surface area contributed by atoms with Gasteiger partial charge in [0.05, 0.1) is 5.69 Å². The van der Waals surface area contributed by atoms with Crippen molar-refractivity contribution in [1.82, 2.24) is 0 Å².